The summed E-state index contributed by atoms with van der Waals surface area (Å²) in [5.41, 5.74) is 9.06. The van der Waals surface area contributed by atoms with E-state index in [1.807, 2.05) is 6.07 Å². The third-order valence-electron chi connectivity index (χ3n) is 3.77. The highest BCUT2D eigenvalue weighted by Crippen LogP contribution is 2.53. The number of aryl methyl sites for hydroxylation is 1. The maximum Gasteiger partial charge on any atom is 0.0441 e. The largest absolute Gasteiger partial charge is 0.327 e. The van der Waals surface area contributed by atoms with E-state index in [9.17, 15) is 0 Å². The Bertz CT molecular complexity index is 398. The van der Waals surface area contributed by atoms with Crippen molar-refractivity contribution in [2.75, 3.05) is 0 Å². The second-order valence-corrected chi connectivity index (χ2v) is 6.17. The van der Waals surface area contributed by atoms with Crippen molar-refractivity contribution in [2.45, 2.75) is 39.7 Å². The lowest BCUT2D eigenvalue weighted by molar-refractivity contribution is 0.476. The lowest BCUT2D eigenvalue weighted by Crippen LogP contribution is -2.27. The van der Waals surface area contributed by atoms with E-state index in [1.54, 1.807) is 0 Å². The molecule has 0 aliphatic heterocycles. The van der Waals surface area contributed by atoms with E-state index in [0.29, 0.717) is 11.3 Å². The van der Waals surface area contributed by atoms with Gasteiger partial charge in [0.05, 0.1) is 0 Å². The number of hydrogen-bond donors (Lipinski definition) is 1. The molecule has 1 nitrogen and oxygen atoms in total. The van der Waals surface area contributed by atoms with E-state index in [1.165, 1.54) is 17.5 Å². The molecule has 88 valence electrons. The van der Waals surface area contributed by atoms with E-state index in [4.69, 9.17) is 17.3 Å². The molecule has 0 radical (unpaired) electrons. The molecule has 0 bridgehead atoms. The Morgan fingerprint density at radius 3 is 2.62 bits per heavy atom. The first-order valence-electron chi connectivity index (χ1n) is 5.91. The molecule has 0 spiro atoms. The predicted octanol–water partition coefficient (Wildman–Crippen LogP) is 3.56. The zero-order chi connectivity index (χ0) is 11.9. The Kier molecular flexibility index (Phi) is 3.02. The van der Waals surface area contributed by atoms with Gasteiger partial charge in [-0.15, -0.1) is 0 Å². The van der Waals surface area contributed by atoms with Crippen LogP contribution in [0.1, 0.15) is 31.4 Å². The Morgan fingerprint density at radius 2 is 2.12 bits per heavy atom. The summed E-state index contributed by atoms with van der Waals surface area (Å²) >= 11 is 6.21. The van der Waals surface area contributed by atoms with E-state index >= 15 is 0 Å². The van der Waals surface area contributed by atoms with Crippen molar-refractivity contribution in [1.29, 1.82) is 0 Å². The Hall–Kier alpha value is -0.530. The van der Waals surface area contributed by atoms with Crippen molar-refractivity contribution in [3.63, 3.8) is 0 Å². The van der Waals surface area contributed by atoms with E-state index in [-0.39, 0.29) is 6.04 Å². The van der Waals surface area contributed by atoms with Crippen LogP contribution in [0, 0.1) is 18.3 Å². The maximum atomic E-state index is 6.23. The van der Waals surface area contributed by atoms with Gasteiger partial charge in [-0.25, -0.2) is 0 Å². The minimum Gasteiger partial charge on any atom is -0.327 e. The normalized spacial score (nSPS) is 24.2. The lowest BCUT2D eigenvalue weighted by Gasteiger charge is -2.14. The fourth-order valence-corrected chi connectivity index (χ4v) is 2.77. The number of benzene rings is 1. The second-order valence-electron chi connectivity index (χ2n) is 5.76. The van der Waals surface area contributed by atoms with Crippen LogP contribution in [-0.4, -0.2) is 6.04 Å². The predicted molar refractivity (Wildman–Crippen MR) is 69.8 cm³/mol. The van der Waals surface area contributed by atoms with Crippen molar-refractivity contribution in [1.82, 2.24) is 0 Å². The Balaban J connectivity index is 2.04. The van der Waals surface area contributed by atoms with Gasteiger partial charge < -0.3 is 5.73 Å². The molecule has 1 aromatic carbocycles. The van der Waals surface area contributed by atoms with Crippen LogP contribution in [0.2, 0.25) is 5.02 Å². The minimum atomic E-state index is 0.246. The number of nitrogens with two attached hydrogens (primary N) is 1. The van der Waals surface area contributed by atoms with Crippen molar-refractivity contribution < 1.29 is 0 Å². The van der Waals surface area contributed by atoms with Crippen LogP contribution in [0.4, 0.5) is 0 Å². The third-order valence-corrected chi connectivity index (χ3v) is 4.12. The van der Waals surface area contributed by atoms with Crippen LogP contribution in [0.5, 0.6) is 0 Å². The highest BCUT2D eigenvalue weighted by Gasteiger charge is 2.48. The van der Waals surface area contributed by atoms with Crippen LogP contribution in [0.15, 0.2) is 18.2 Å². The summed E-state index contributed by atoms with van der Waals surface area (Å²) in [6.45, 7) is 6.63. The molecule has 2 heteroatoms. The topological polar surface area (TPSA) is 26.0 Å². The van der Waals surface area contributed by atoms with Gasteiger partial charge in [-0.1, -0.05) is 37.6 Å². The molecule has 1 aliphatic carbocycles. The number of rotatable bonds is 3. The van der Waals surface area contributed by atoms with Gasteiger partial charge in [0.25, 0.3) is 0 Å². The molecule has 16 heavy (non-hydrogen) atoms. The van der Waals surface area contributed by atoms with E-state index < -0.39 is 0 Å². The van der Waals surface area contributed by atoms with Crippen molar-refractivity contribution in [3.05, 3.63) is 34.3 Å². The molecule has 2 rings (SSSR count). The molecule has 1 aromatic rings. The highest BCUT2D eigenvalue weighted by atomic mass is 35.5. The molecule has 1 fully saturated rings. The first kappa shape index (κ1) is 11.9. The first-order valence-corrected chi connectivity index (χ1v) is 6.28. The molecule has 0 amide bonds. The molecule has 1 aliphatic rings. The number of hydrogen-bond acceptors (Lipinski definition) is 1. The van der Waals surface area contributed by atoms with E-state index in [0.717, 1.165) is 11.4 Å². The lowest BCUT2D eigenvalue weighted by atomic mass is 9.97. The van der Waals surface area contributed by atoms with Crippen molar-refractivity contribution >= 4 is 11.6 Å². The van der Waals surface area contributed by atoms with Gasteiger partial charge in [-0.05, 0) is 48.3 Å². The molecular weight excluding hydrogens is 218 g/mol. The standard InChI is InChI=1S/C14H20ClN/c1-9-4-5-10(12(15)6-9)7-13(16)11-8-14(11,2)3/h4-6,11,13H,7-8,16H2,1-3H3. The van der Waals surface area contributed by atoms with Gasteiger partial charge in [0.15, 0.2) is 0 Å². The molecule has 2 atom stereocenters. The summed E-state index contributed by atoms with van der Waals surface area (Å²) in [4.78, 5) is 0. The van der Waals surface area contributed by atoms with Crippen LogP contribution >= 0.6 is 11.6 Å². The molecule has 0 aromatic heterocycles. The molecule has 2 N–H and O–H groups in total. The third kappa shape index (κ3) is 2.41. The first-order chi connectivity index (χ1) is 7.40. The molecule has 0 heterocycles. The summed E-state index contributed by atoms with van der Waals surface area (Å²) in [7, 11) is 0. The minimum absolute atomic E-state index is 0.246. The zero-order valence-corrected chi connectivity index (χ0v) is 11.0. The molecule has 2 unspecified atom stereocenters. The molecular formula is C14H20ClN. The summed E-state index contributed by atoms with van der Waals surface area (Å²) in [5, 5.41) is 0.855. The quantitative estimate of drug-likeness (QED) is 0.855. The van der Waals surface area contributed by atoms with Crippen LogP contribution in [0.25, 0.3) is 0 Å². The van der Waals surface area contributed by atoms with Gasteiger partial charge in [0.2, 0.25) is 0 Å². The SMILES string of the molecule is Cc1ccc(CC(N)C2CC2(C)C)c(Cl)c1. The second kappa shape index (κ2) is 4.05. The summed E-state index contributed by atoms with van der Waals surface area (Å²) in [6, 6.07) is 6.47. The average Bonchev–Trinajstić information content (AvgIpc) is 2.80. The maximum absolute atomic E-state index is 6.23. The average molecular weight is 238 g/mol. The van der Waals surface area contributed by atoms with Crippen molar-refractivity contribution in [3.8, 4) is 0 Å². The van der Waals surface area contributed by atoms with Gasteiger partial charge in [0, 0.05) is 11.1 Å². The van der Waals surface area contributed by atoms with Crippen LogP contribution in [-0.2, 0) is 6.42 Å². The summed E-state index contributed by atoms with van der Waals surface area (Å²) < 4.78 is 0. The summed E-state index contributed by atoms with van der Waals surface area (Å²) in [6.07, 6.45) is 2.14. The van der Waals surface area contributed by atoms with Gasteiger partial charge in [-0.2, -0.15) is 0 Å². The molecule has 0 saturated heterocycles. The Morgan fingerprint density at radius 1 is 1.50 bits per heavy atom. The Labute approximate surface area is 103 Å². The van der Waals surface area contributed by atoms with Crippen molar-refractivity contribution in [2.24, 2.45) is 17.1 Å². The smallest absolute Gasteiger partial charge is 0.0441 e. The van der Waals surface area contributed by atoms with Gasteiger partial charge >= 0.3 is 0 Å². The zero-order valence-electron chi connectivity index (χ0n) is 10.3. The fourth-order valence-electron chi connectivity index (χ4n) is 2.45. The van der Waals surface area contributed by atoms with Crippen LogP contribution < -0.4 is 5.73 Å². The number of halogens is 1. The molecule has 1 saturated carbocycles. The highest BCUT2D eigenvalue weighted by molar-refractivity contribution is 6.31. The van der Waals surface area contributed by atoms with Gasteiger partial charge in [-0.3, -0.25) is 0 Å². The van der Waals surface area contributed by atoms with Gasteiger partial charge in [0.1, 0.15) is 0 Å². The van der Waals surface area contributed by atoms with Crippen LogP contribution in [0.3, 0.4) is 0 Å². The fraction of sp³-hybridized carbons (Fsp3) is 0.571. The monoisotopic (exact) mass is 237 g/mol. The van der Waals surface area contributed by atoms with E-state index in [2.05, 4.69) is 32.9 Å². The summed E-state index contributed by atoms with van der Waals surface area (Å²) in [5.74, 6) is 0.657.